The molecule has 4 aromatic rings. The summed E-state index contributed by atoms with van der Waals surface area (Å²) in [4.78, 5) is 25.2. The average Bonchev–Trinajstić information content (AvgIpc) is 3.47. The average molecular weight is 460 g/mol. The highest BCUT2D eigenvalue weighted by atomic mass is 32.1. The van der Waals surface area contributed by atoms with E-state index in [0.717, 1.165) is 37.3 Å². The number of aromatic nitrogens is 3. The largest absolute Gasteiger partial charge is 0.339 e. The van der Waals surface area contributed by atoms with Crippen molar-refractivity contribution in [3.63, 3.8) is 0 Å². The fraction of sp³-hybridized carbons (Fsp3) is 0.280. The zero-order valence-corrected chi connectivity index (χ0v) is 19.1. The van der Waals surface area contributed by atoms with Crippen LogP contribution in [0.5, 0.6) is 0 Å². The molecule has 5 rings (SSSR count). The lowest BCUT2D eigenvalue weighted by molar-refractivity contribution is -0.116. The monoisotopic (exact) mass is 459 g/mol. The number of carbonyl (C=O) groups is 1. The van der Waals surface area contributed by atoms with Gasteiger partial charge in [0.05, 0.1) is 5.69 Å². The van der Waals surface area contributed by atoms with Crippen molar-refractivity contribution in [2.45, 2.75) is 38.8 Å². The van der Waals surface area contributed by atoms with Crippen molar-refractivity contribution < 1.29 is 9.32 Å². The molecule has 1 aliphatic heterocycles. The highest BCUT2D eigenvalue weighted by Crippen LogP contribution is 2.29. The molecule has 0 bridgehead atoms. The molecule has 2 aromatic carbocycles. The van der Waals surface area contributed by atoms with Crippen molar-refractivity contribution >= 4 is 22.4 Å². The van der Waals surface area contributed by atoms with Gasteiger partial charge in [-0.2, -0.15) is 4.98 Å². The number of aryl methyl sites for hydroxylation is 1. The number of anilines is 1. The SMILES string of the molecule is O=C(CCCc1nc(-c2ccccc2)no1)Nc1nc2c(s1)CN(Cc1ccccc1)CC2. The molecule has 2 aromatic heterocycles. The third kappa shape index (κ3) is 5.53. The van der Waals surface area contributed by atoms with Crippen LogP contribution in [0.4, 0.5) is 5.13 Å². The fourth-order valence-electron chi connectivity index (χ4n) is 3.92. The van der Waals surface area contributed by atoms with E-state index in [-0.39, 0.29) is 5.91 Å². The van der Waals surface area contributed by atoms with Gasteiger partial charge >= 0.3 is 0 Å². The third-order valence-corrected chi connectivity index (χ3v) is 6.60. The van der Waals surface area contributed by atoms with E-state index in [1.165, 1.54) is 10.4 Å². The molecule has 1 aliphatic rings. The molecule has 33 heavy (non-hydrogen) atoms. The summed E-state index contributed by atoms with van der Waals surface area (Å²) in [6.45, 7) is 2.79. The third-order valence-electron chi connectivity index (χ3n) is 5.60. The van der Waals surface area contributed by atoms with E-state index in [1.54, 1.807) is 11.3 Å². The fourth-order valence-corrected chi connectivity index (χ4v) is 4.99. The summed E-state index contributed by atoms with van der Waals surface area (Å²) in [5.41, 5.74) is 3.34. The summed E-state index contributed by atoms with van der Waals surface area (Å²) >= 11 is 1.58. The van der Waals surface area contributed by atoms with Gasteiger partial charge in [0, 0.05) is 49.3 Å². The Kier molecular flexibility index (Phi) is 6.55. The Morgan fingerprint density at radius 2 is 1.85 bits per heavy atom. The van der Waals surface area contributed by atoms with Gasteiger partial charge in [0.15, 0.2) is 5.13 Å². The molecule has 7 nitrogen and oxygen atoms in total. The number of hydrogen-bond donors (Lipinski definition) is 1. The van der Waals surface area contributed by atoms with Gasteiger partial charge in [-0.3, -0.25) is 9.69 Å². The second kappa shape index (κ2) is 10.1. The lowest BCUT2D eigenvalue weighted by Gasteiger charge is -2.25. The van der Waals surface area contributed by atoms with Gasteiger partial charge in [-0.15, -0.1) is 11.3 Å². The van der Waals surface area contributed by atoms with E-state index >= 15 is 0 Å². The summed E-state index contributed by atoms with van der Waals surface area (Å²) in [6.07, 6.45) is 2.50. The smallest absolute Gasteiger partial charge is 0.226 e. The van der Waals surface area contributed by atoms with E-state index in [0.29, 0.717) is 36.1 Å². The second-order valence-electron chi connectivity index (χ2n) is 8.11. The molecule has 1 amide bonds. The van der Waals surface area contributed by atoms with Gasteiger partial charge in [0.2, 0.25) is 17.6 Å². The minimum absolute atomic E-state index is 0.0370. The number of fused-ring (bicyclic) bond motifs is 1. The summed E-state index contributed by atoms with van der Waals surface area (Å²) in [5, 5.41) is 7.68. The molecule has 0 fully saturated rings. The normalized spacial score (nSPS) is 13.6. The van der Waals surface area contributed by atoms with E-state index in [1.807, 2.05) is 36.4 Å². The molecule has 0 saturated carbocycles. The Morgan fingerprint density at radius 1 is 1.06 bits per heavy atom. The van der Waals surface area contributed by atoms with Gasteiger partial charge < -0.3 is 9.84 Å². The molecule has 0 spiro atoms. The van der Waals surface area contributed by atoms with Crippen LogP contribution < -0.4 is 5.32 Å². The number of amides is 1. The maximum absolute atomic E-state index is 12.4. The van der Waals surface area contributed by atoms with Crippen LogP contribution in [0.3, 0.4) is 0 Å². The van der Waals surface area contributed by atoms with Crippen molar-refractivity contribution in [1.82, 2.24) is 20.0 Å². The Morgan fingerprint density at radius 3 is 2.67 bits per heavy atom. The standard InChI is InChI=1S/C25H25N5O2S/c31-22(12-7-13-23-28-24(29-32-23)19-10-5-2-6-11-19)27-25-26-20-14-15-30(17-21(20)33-25)16-18-8-3-1-4-9-18/h1-6,8-11H,7,12-17H2,(H,26,27,31). The molecule has 0 aliphatic carbocycles. The topological polar surface area (TPSA) is 84.1 Å². The zero-order chi connectivity index (χ0) is 22.5. The van der Waals surface area contributed by atoms with Crippen molar-refractivity contribution in [1.29, 1.82) is 0 Å². The predicted octanol–water partition coefficient (Wildman–Crippen LogP) is 4.71. The number of carbonyl (C=O) groups excluding carboxylic acids is 1. The molecule has 168 valence electrons. The number of benzene rings is 2. The lowest BCUT2D eigenvalue weighted by Crippen LogP contribution is -2.29. The van der Waals surface area contributed by atoms with Crippen LogP contribution in [0.1, 0.15) is 34.9 Å². The molecular formula is C25H25N5O2S. The van der Waals surface area contributed by atoms with Crippen LogP contribution in [0.25, 0.3) is 11.4 Å². The Bertz CT molecular complexity index is 1210. The lowest BCUT2D eigenvalue weighted by atomic mass is 10.1. The van der Waals surface area contributed by atoms with Crippen LogP contribution in [0.15, 0.2) is 65.2 Å². The first kappa shape index (κ1) is 21.5. The van der Waals surface area contributed by atoms with Crippen molar-refractivity contribution in [3.05, 3.63) is 82.7 Å². The van der Waals surface area contributed by atoms with Gasteiger partial charge in [-0.05, 0) is 12.0 Å². The van der Waals surface area contributed by atoms with Crippen LogP contribution in [0, 0.1) is 0 Å². The van der Waals surface area contributed by atoms with Gasteiger partial charge in [-0.1, -0.05) is 65.8 Å². The molecule has 0 atom stereocenters. The number of hydrogen-bond acceptors (Lipinski definition) is 7. The number of nitrogens with one attached hydrogen (secondary N) is 1. The first-order chi connectivity index (χ1) is 16.2. The molecule has 1 N–H and O–H groups in total. The summed E-state index contributed by atoms with van der Waals surface area (Å²) in [7, 11) is 0. The van der Waals surface area contributed by atoms with Crippen molar-refractivity contribution in [3.8, 4) is 11.4 Å². The number of thiazole rings is 1. The highest BCUT2D eigenvalue weighted by molar-refractivity contribution is 7.15. The summed E-state index contributed by atoms with van der Waals surface area (Å²) in [5.74, 6) is 1.08. The minimum Gasteiger partial charge on any atom is -0.339 e. The first-order valence-electron chi connectivity index (χ1n) is 11.2. The van der Waals surface area contributed by atoms with Gasteiger partial charge in [-0.25, -0.2) is 4.98 Å². The predicted molar refractivity (Wildman–Crippen MR) is 128 cm³/mol. The Labute approximate surface area is 196 Å². The van der Waals surface area contributed by atoms with E-state index < -0.39 is 0 Å². The maximum atomic E-state index is 12.4. The molecule has 0 saturated heterocycles. The number of rotatable bonds is 8. The van der Waals surface area contributed by atoms with E-state index in [2.05, 4.69) is 49.6 Å². The molecule has 8 heteroatoms. The van der Waals surface area contributed by atoms with Crippen LogP contribution in [-0.4, -0.2) is 32.5 Å². The van der Waals surface area contributed by atoms with Crippen LogP contribution in [-0.2, 0) is 30.7 Å². The maximum Gasteiger partial charge on any atom is 0.226 e. The Balaban J connectivity index is 1.09. The highest BCUT2D eigenvalue weighted by Gasteiger charge is 2.21. The molecule has 0 unspecified atom stereocenters. The number of nitrogens with zero attached hydrogens (tertiary/aromatic N) is 4. The summed E-state index contributed by atoms with van der Waals surface area (Å²) < 4.78 is 5.32. The van der Waals surface area contributed by atoms with Crippen LogP contribution in [0.2, 0.25) is 0 Å². The molecular weight excluding hydrogens is 434 g/mol. The minimum atomic E-state index is -0.0370. The van der Waals surface area contributed by atoms with Gasteiger partial charge in [0.25, 0.3) is 0 Å². The first-order valence-corrected chi connectivity index (χ1v) is 12.0. The van der Waals surface area contributed by atoms with Crippen molar-refractivity contribution in [2.75, 3.05) is 11.9 Å². The van der Waals surface area contributed by atoms with Gasteiger partial charge in [0.1, 0.15) is 0 Å². The van der Waals surface area contributed by atoms with E-state index in [9.17, 15) is 4.79 Å². The quantitative estimate of drug-likeness (QED) is 0.411. The zero-order valence-electron chi connectivity index (χ0n) is 18.2. The van der Waals surface area contributed by atoms with Crippen LogP contribution >= 0.6 is 11.3 Å². The Hall–Kier alpha value is -3.36. The molecule has 0 radical (unpaired) electrons. The second-order valence-corrected chi connectivity index (χ2v) is 9.20. The molecule has 3 heterocycles. The summed E-state index contributed by atoms with van der Waals surface area (Å²) in [6, 6.07) is 20.2. The van der Waals surface area contributed by atoms with E-state index in [4.69, 9.17) is 4.52 Å². The van der Waals surface area contributed by atoms with Crippen molar-refractivity contribution in [2.24, 2.45) is 0 Å².